The summed E-state index contributed by atoms with van der Waals surface area (Å²) in [6.45, 7) is 1.44. The third kappa shape index (κ3) is 8.41. The van der Waals surface area contributed by atoms with Crippen LogP contribution in [0.2, 0.25) is 0 Å². The van der Waals surface area contributed by atoms with Crippen molar-refractivity contribution in [1.82, 2.24) is 5.32 Å². The Balaban J connectivity index is 2.23. The number of hydrogen-bond donors (Lipinski definition) is 4. The largest absolute Gasteiger partial charge is 0.507 e. The Morgan fingerprint density at radius 1 is 1.05 bits per heavy atom. The van der Waals surface area contributed by atoms with E-state index in [4.69, 9.17) is 18.9 Å². The van der Waals surface area contributed by atoms with E-state index in [2.05, 4.69) is 5.32 Å². The number of Topliss-reactive ketones (excluding diaryl/α,β-unsaturated/α-hetero) is 1. The molecule has 0 spiro atoms. The van der Waals surface area contributed by atoms with E-state index in [9.17, 15) is 29.7 Å². The number of cyclic esters (lactones) is 1. The lowest BCUT2D eigenvalue weighted by molar-refractivity contribution is -0.121. The molecule has 1 amide bonds. The van der Waals surface area contributed by atoms with Gasteiger partial charge in [-0.15, -0.1) is 0 Å². The van der Waals surface area contributed by atoms with E-state index in [0.29, 0.717) is 49.8 Å². The summed E-state index contributed by atoms with van der Waals surface area (Å²) in [5, 5.41) is 34.8. The molecule has 0 aliphatic carbocycles. The van der Waals surface area contributed by atoms with Crippen molar-refractivity contribution in [3.63, 3.8) is 0 Å². The zero-order valence-electron chi connectivity index (χ0n) is 25.1. The van der Waals surface area contributed by atoms with Crippen molar-refractivity contribution in [3.05, 3.63) is 46.5 Å². The Morgan fingerprint density at radius 2 is 1.72 bits per heavy atom. The highest BCUT2D eigenvalue weighted by molar-refractivity contribution is 5.98. The number of carbonyl (C=O) groups excluding carboxylic acids is 3. The molecule has 0 radical (unpaired) electrons. The molecule has 4 N–H and O–H groups in total. The number of ketones is 1. The number of phenolic OH excluding ortho intramolecular Hbond substituents is 2. The van der Waals surface area contributed by atoms with Crippen LogP contribution in [0.5, 0.6) is 28.7 Å². The summed E-state index contributed by atoms with van der Waals surface area (Å²) >= 11 is 0. The zero-order chi connectivity index (χ0) is 31.5. The molecular weight excluding hydrogens is 558 g/mol. The van der Waals surface area contributed by atoms with Crippen molar-refractivity contribution >= 4 is 23.7 Å². The normalized spacial score (nSPS) is 17.6. The first-order valence-electron chi connectivity index (χ1n) is 14.3. The SMILES string of the molecule is COc1cc(C(CC(=O)NCCO)c2c(O)cc3c(c2O)C(=O)O[C@@H](C)CCCC(=O)CCC/C=C/3)cc(OC)c1OC. The number of fused-ring (bicyclic) bond motifs is 1. The summed E-state index contributed by atoms with van der Waals surface area (Å²) in [4.78, 5) is 38.6. The standard InChI is InChI=1S/C32H41NO10/c1-19-9-8-12-22(35)11-7-5-6-10-20-15-24(36)29(30(38)28(20)32(39)43-19)23(18-27(37)33-13-14-34)21-16-25(40-2)31(42-4)26(17-21)41-3/h6,10,15-17,19,23,34,36,38H,5,7-9,11-14,18H2,1-4H3,(H,33,37)/b10-6+/t19-,23?/m0/s1. The van der Waals surface area contributed by atoms with Gasteiger partial charge in [-0.05, 0) is 61.9 Å². The fraction of sp³-hybridized carbons (Fsp3) is 0.469. The molecule has 11 nitrogen and oxygen atoms in total. The molecular formula is C32H41NO10. The van der Waals surface area contributed by atoms with Crippen molar-refractivity contribution in [2.24, 2.45) is 0 Å². The Morgan fingerprint density at radius 3 is 2.35 bits per heavy atom. The molecule has 0 fully saturated rings. The van der Waals surface area contributed by atoms with Gasteiger partial charge in [-0.1, -0.05) is 12.2 Å². The fourth-order valence-corrected chi connectivity index (χ4v) is 5.16. The molecule has 2 aromatic rings. The highest BCUT2D eigenvalue weighted by Gasteiger charge is 2.32. The number of benzene rings is 2. The van der Waals surface area contributed by atoms with Gasteiger partial charge in [0.2, 0.25) is 11.7 Å². The summed E-state index contributed by atoms with van der Waals surface area (Å²) < 4.78 is 22.1. The first kappa shape index (κ1) is 33.3. The maximum atomic E-state index is 13.5. The number of nitrogens with one attached hydrogen (secondary N) is 1. The smallest absolute Gasteiger partial charge is 0.342 e. The number of aromatic hydroxyl groups is 2. The summed E-state index contributed by atoms with van der Waals surface area (Å²) in [7, 11) is 4.32. The first-order chi connectivity index (χ1) is 20.6. The molecule has 1 aliphatic heterocycles. The summed E-state index contributed by atoms with van der Waals surface area (Å²) in [5.74, 6) is -2.14. The molecule has 0 aromatic heterocycles. The number of ether oxygens (including phenoxy) is 4. The molecule has 1 unspecified atom stereocenters. The summed E-state index contributed by atoms with van der Waals surface area (Å²) in [6.07, 6.45) is 5.62. The zero-order valence-corrected chi connectivity index (χ0v) is 25.1. The van der Waals surface area contributed by atoms with Crippen LogP contribution in [0.3, 0.4) is 0 Å². The Labute approximate surface area is 251 Å². The van der Waals surface area contributed by atoms with Crippen molar-refractivity contribution < 1.29 is 48.7 Å². The molecule has 1 heterocycles. The van der Waals surface area contributed by atoms with Crippen LogP contribution in [-0.2, 0) is 14.3 Å². The van der Waals surface area contributed by atoms with Gasteiger partial charge in [0, 0.05) is 37.3 Å². The predicted octanol–water partition coefficient (Wildman–Crippen LogP) is 4.24. The number of phenols is 2. The number of aliphatic hydroxyl groups is 1. The van der Waals surface area contributed by atoms with Crippen molar-refractivity contribution in [2.75, 3.05) is 34.5 Å². The molecule has 0 bridgehead atoms. The van der Waals surface area contributed by atoms with Crippen molar-refractivity contribution in [1.29, 1.82) is 0 Å². The van der Waals surface area contributed by atoms with E-state index < -0.39 is 29.6 Å². The number of hydrogen-bond acceptors (Lipinski definition) is 10. The molecule has 2 atom stereocenters. The van der Waals surface area contributed by atoms with E-state index in [1.807, 2.05) is 0 Å². The van der Waals surface area contributed by atoms with Gasteiger partial charge in [0.15, 0.2) is 11.5 Å². The summed E-state index contributed by atoms with van der Waals surface area (Å²) in [6, 6.07) is 4.54. The van der Waals surface area contributed by atoms with Gasteiger partial charge >= 0.3 is 5.97 Å². The van der Waals surface area contributed by atoms with Crippen LogP contribution < -0.4 is 19.5 Å². The minimum Gasteiger partial charge on any atom is -0.507 e. The molecule has 2 aromatic carbocycles. The van der Waals surface area contributed by atoms with Gasteiger partial charge < -0.3 is 39.6 Å². The highest BCUT2D eigenvalue weighted by Crippen LogP contribution is 2.47. The Kier molecular flexibility index (Phi) is 12.2. The highest BCUT2D eigenvalue weighted by atomic mass is 16.5. The molecule has 234 valence electrons. The molecule has 43 heavy (non-hydrogen) atoms. The monoisotopic (exact) mass is 599 g/mol. The minimum atomic E-state index is -0.994. The molecule has 3 rings (SSSR count). The van der Waals surface area contributed by atoms with E-state index >= 15 is 0 Å². The molecule has 0 saturated heterocycles. The Hall–Kier alpha value is -4.25. The second-order valence-electron chi connectivity index (χ2n) is 10.4. The van der Waals surface area contributed by atoms with Gasteiger partial charge in [-0.2, -0.15) is 0 Å². The van der Waals surface area contributed by atoms with Crippen molar-refractivity contribution in [2.45, 2.75) is 63.9 Å². The molecule has 0 saturated carbocycles. The van der Waals surface area contributed by atoms with Crippen LogP contribution >= 0.6 is 0 Å². The van der Waals surface area contributed by atoms with Gasteiger partial charge in [0.05, 0.1) is 34.0 Å². The topological polar surface area (TPSA) is 161 Å². The third-order valence-corrected chi connectivity index (χ3v) is 7.31. The van der Waals surface area contributed by atoms with Crippen molar-refractivity contribution in [3.8, 4) is 28.7 Å². The van der Waals surface area contributed by atoms with Crippen LogP contribution in [-0.4, -0.2) is 73.6 Å². The number of allylic oxidation sites excluding steroid dienone is 1. The second kappa shape index (κ2) is 15.8. The number of methoxy groups -OCH3 is 3. The average Bonchev–Trinajstić information content (AvgIpc) is 2.97. The fourth-order valence-electron chi connectivity index (χ4n) is 5.16. The van der Waals surface area contributed by atoms with Gasteiger partial charge in [-0.3, -0.25) is 9.59 Å². The lowest BCUT2D eigenvalue weighted by Gasteiger charge is -2.24. The molecule has 1 aliphatic rings. The van der Waals surface area contributed by atoms with E-state index in [1.165, 1.54) is 27.4 Å². The van der Waals surface area contributed by atoms with Crippen LogP contribution in [0.15, 0.2) is 24.3 Å². The lowest BCUT2D eigenvalue weighted by Crippen LogP contribution is -2.28. The predicted molar refractivity (Wildman–Crippen MR) is 159 cm³/mol. The van der Waals surface area contributed by atoms with E-state index in [-0.39, 0.29) is 59.3 Å². The summed E-state index contributed by atoms with van der Waals surface area (Å²) in [5.41, 5.74) is 0.420. The third-order valence-electron chi connectivity index (χ3n) is 7.31. The number of esters is 1. The van der Waals surface area contributed by atoms with Crippen LogP contribution in [0.1, 0.15) is 84.8 Å². The molecule has 11 heteroatoms. The van der Waals surface area contributed by atoms with Gasteiger partial charge in [-0.25, -0.2) is 4.79 Å². The van der Waals surface area contributed by atoms with E-state index in [0.717, 1.165) is 0 Å². The number of rotatable bonds is 9. The van der Waals surface area contributed by atoms with Crippen LogP contribution in [0.4, 0.5) is 0 Å². The quantitative estimate of drug-likeness (QED) is 0.307. The van der Waals surface area contributed by atoms with Gasteiger partial charge in [0.1, 0.15) is 22.8 Å². The lowest BCUT2D eigenvalue weighted by atomic mass is 9.84. The van der Waals surface area contributed by atoms with Crippen LogP contribution in [0.25, 0.3) is 6.08 Å². The minimum absolute atomic E-state index is 0.00354. The Bertz CT molecular complexity index is 1310. The second-order valence-corrected chi connectivity index (χ2v) is 10.4. The van der Waals surface area contributed by atoms with E-state index in [1.54, 1.807) is 31.2 Å². The number of carbonyl (C=O) groups is 3. The maximum Gasteiger partial charge on any atom is 0.342 e. The van der Waals surface area contributed by atoms with Gasteiger partial charge in [0.25, 0.3) is 0 Å². The number of aliphatic hydroxyl groups excluding tert-OH is 1. The average molecular weight is 600 g/mol. The first-order valence-corrected chi connectivity index (χ1v) is 14.3. The number of amides is 1. The van der Waals surface area contributed by atoms with Crippen LogP contribution in [0, 0.1) is 0 Å². The maximum absolute atomic E-state index is 13.5.